The highest BCUT2D eigenvalue weighted by atomic mass is 32.2. The summed E-state index contributed by atoms with van der Waals surface area (Å²) in [5.74, 6) is 1.82. The molecular formula is C15H13N7OS2. The van der Waals surface area contributed by atoms with Gasteiger partial charge in [0.2, 0.25) is 11.7 Å². The summed E-state index contributed by atoms with van der Waals surface area (Å²) in [6, 6.07) is 3.73. The largest absolute Gasteiger partial charge is 0.349 e. The average molecular weight is 371 g/mol. The minimum Gasteiger partial charge on any atom is -0.349 e. The Morgan fingerprint density at radius 3 is 3.00 bits per heavy atom. The van der Waals surface area contributed by atoms with Crippen LogP contribution in [0.1, 0.15) is 5.89 Å². The fourth-order valence-electron chi connectivity index (χ4n) is 2.29. The third-order valence-corrected chi connectivity index (χ3v) is 5.47. The third kappa shape index (κ3) is 3.17. The molecule has 10 heteroatoms. The van der Waals surface area contributed by atoms with Crippen LogP contribution in [-0.2, 0) is 6.54 Å². The summed E-state index contributed by atoms with van der Waals surface area (Å²) in [6.45, 7) is 0.436. The Labute approximate surface area is 151 Å². The van der Waals surface area contributed by atoms with Gasteiger partial charge >= 0.3 is 0 Å². The molecule has 4 heterocycles. The van der Waals surface area contributed by atoms with Gasteiger partial charge in [0, 0.05) is 25.0 Å². The smallest absolute Gasteiger partial charge is 0.246 e. The van der Waals surface area contributed by atoms with Gasteiger partial charge in [-0.15, -0.1) is 11.3 Å². The summed E-state index contributed by atoms with van der Waals surface area (Å²) < 4.78 is 7.27. The molecule has 0 N–H and O–H groups in total. The lowest BCUT2D eigenvalue weighted by molar-refractivity contribution is 0.378. The molecular weight excluding hydrogens is 358 g/mol. The molecule has 0 spiro atoms. The van der Waals surface area contributed by atoms with Gasteiger partial charge in [-0.3, -0.25) is 4.98 Å². The number of nitrogens with zero attached hydrogens (tertiary/aromatic N) is 7. The van der Waals surface area contributed by atoms with Crippen molar-refractivity contribution >= 4 is 39.3 Å². The molecule has 25 heavy (non-hydrogen) atoms. The minimum absolute atomic E-state index is 0.436. The Morgan fingerprint density at radius 2 is 2.20 bits per heavy atom. The fraction of sp³-hybridized carbons (Fsp3) is 0.200. The first-order chi connectivity index (χ1) is 12.2. The van der Waals surface area contributed by atoms with Gasteiger partial charge in [-0.1, -0.05) is 16.9 Å². The number of thioether (sulfide) groups is 1. The van der Waals surface area contributed by atoms with E-state index >= 15 is 0 Å². The van der Waals surface area contributed by atoms with E-state index in [0.717, 1.165) is 20.4 Å². The number of anilines is 1. The van der Waals surface area contributed by atoms with E-state index in [2.05, 4.69) is 30.1 Å². The van der Waals surface area contributed by atoms with Crippen LogP contribution in [-0.4, -0.2) is 43.4 Å². The van der Waals surface area contributed by atoms with Crippen LogP contribution in [0.25, 0.3) is 21.7 Å². The molecule has 8 nitrogen and oxygen atoms in total. The maximum Gasteiger partial charge on any atom is 0.246 e. The highest BCUT2D eigenvalue weighted by Gasteiger charge is 2.16. The Bertz CT molecular complexity index is 1000. The van der Waals surface area contributed by atoms with E-state index in [1.807, 2.05) is 30.3 Å². The topological polar surface area (TPSA) is 93.7 Å². The first kappa shape index (κ1) is 15.9. The van der Waals surface area contributed by atoms with Gasteiger partial charge in [-0.05, 0) is 18.4 Å². The summed E-state index contributed by atoms with van der Waals surface area (Å²) in [7, 11) is 1.92. The van der Waals surface area contributed by atoms with Gasteiger partial charge in [0.25, 0.3) is 0 Å². The van der Waals surface area contributed by atoms with Crippen LogP contribution >= 0.6 is 23.1 Å². The normalized spacial score (nSPS) is 11.1. The number of thiazole rings is 1. The second kappa shape index (κ2) is 6.73. The van der Waals surface area contributed by atoms with E-state index in [4.69, 9.17) is 4.52 Å². The number of aromatic nitrogens is 6. The van der Waals surface area contributed by atoms with Crippen molar-refractivity contribution in [2.75, 3.05) is 18.2 Å². The van der Waals surface area contributed by atoms with Crippen molar-refractivity contribution in [1.29, 1.82) is 0 Å². The van der Waals surface area contributed by atoms with Crippen molar-refractivity contribution < 1.29 is 4.52 Å². The molecule has 0 aliphatic heterocycles. The van der Waals surface area contributed by atoms with Gasteiger partial charge < -0.3 is 9.42 Å². The summed E-state index contributed by atoms with van der Waals surface area (Å²) >= 11 is 3.17. The van der Waals surface area contributed by atoms with E-state index in [1.165, 1.54) is 6.33 Å². The molecule has 126 valence electrons. The zero-order valence-electron chi connectivity index (χ0n) is 13.4. The third-order valence-electron chi connectivity index (χ3n) is 3.45. The van der Waals surface area contributed by atoms with E-state index in [-0.39, 0.29) is 0 Å². The zero-order chi connectivity index (χ0) is 17.2. The SMILES string of the molecule is CSc1nc2ncnc(N(C)Cc3nc(-c4cccnc4)no3)c2s1. The Balaban J connectivity index is 1.59. The molecule has 4 rings (SSSR count). The standard InChI is InChI=1S/C15H13N7OS2/c1-22(14-11-13(17-8-18-14)20-15(24-2)25-11)7-10-19-12(21-23-10)9-4-3-5-16-6-9/h3-6,8H,7H2,1-2H3. The highest BCUT2D eigenvalue weighted by molar-refractivity contribution is 8.00. The molecule has 0 bridgehead atoms. The van der Waals surface area contributed by atoms with E-state index in [9.17, 15) is 0 Å². The maximum absolute atomic E-state index is 5.36. The van der Waals surface area contributed by atoms with Crippen LogP contribution in [0.4, 0.5) is 5.82 Å². The van der Waals surface area contributed by atoms with Crippen molar-refractivity contribution in [1.82, 2.24) is 30.1 Å². The number of fused-ring (bicyclic) bond motifs is 1. The van der Waals surface area contributed by atoms with Crippen LogP contribution in [0.5, 0.6) is 0 Å². The Kier molecular flexibility index (Phi) is 4.28. The summed E-state index contributed by atoms with van der Waals surface area (Å²) in [4.78, 5) is 23.5. The van der Waals surface area contributed by atoms with Crippen molar-refractivity contribution in [3.63, 3.8) is 0 Å². The molecule has 0 amide bonds. The van der Waals surface area contributed by atoms with Crippen molar-refractivity contribution in [2.24, 2.45) is 0 Å². The quantitative estimate of drug-likeness (QED) is 0.491. The molecule has 0 unspecified atom stereocenters. The van der Waals surface area contributed by atoms with Gasteiger partial charge in [0.15, 0.2) is 15.8 Å². The lowest BCUT2D eigenvalue weighted by Crippen LogP contribution is -2.18. The predicted molar refractivity (Wildman–Crippen MR) is 96.6 cm³/mol. The predicted octanol–water partition coefficient (Wildman–Crippen LogP) is 2.89. The Morgan fingerprint density at radius 1 is 1.28 bits per heavy atom. The van der Waals surface area contributed by atoms with Crippen LogP contribution in [0.2, 0.25) is 0 Å². The van der Waals surface area contributed by atoms with E-state index in [1.54, 1.807) is 35.5 Å². The summed E-state index contributed by atoms with van der Waals surface area (Å²) in [5, 5.41) is 4.01. The van der Waals surface area contributed by atoms with Crippen molar-refractivity contribution in [2.45, 2.75) is 10.9 Å². The second-order valence-corrected chi connectivity index (χ2v) is 7.20. The molecule has 0 aliphatic carbocycles. The molecule has 0 aliphatic rings. The first-order valence-electron chi connectivity index (χ1n) is 7.34. The molecule has 0 saturated heterocycles. The van der Waals surface area contributed by atoms with Crippen molar-refractivity contribution in [3.8, 4) is 11.4 Å². The zero-order valence-corrected chi connectivity index (χ0v) is 15.1. The van der Waals surface area contributed by atoms with Crippen molar-refractivity contribution in [3.05, 3.63) is 36.7 Å². The van der Waals surface area contributed by atoms with E-state index in [0.29, 0.717) is 23.9 Å². The van der Waals surface area contributed by atoms with Gasteiger partial charge in [-0.25, -0.2) is 15.0 Å². The Hall–Kier alpha value is -2.59. The van der Waals surface area contributed by atoms with Gasteiger partial charge in [0.1, 0.15) is 11.0 Å². The molecule has 0 atom stereocenters. The van der Waals surface area contributed by atoms with Crippen LogP contribution < -0.4 is 4.90 Å². The summed E-state index contributed by atoms with van der Waals surface area (Å²) in [5.41, 5.74) is 1.52. The lowest BCUT2D eigenvalue weighted by atomic mass is 10.3. The highest BCUT2D eigenvalue weighted by Crippen LogP contribution is 2.32. The fourth-order valence-corrected chi connectivity index (χ4v) is 3.85. The van der Waals surface area contributed by atoms with Crippen LogP contribution in [0.3, 0.4) is 0 Å². The van der Waals surface area contributed by atoms with Gasteiger partial charge in [-0.2, -0.15) is 4.98 Å². The molecule has 4 aromatic heterocycles. The number of hydrogen-bond acceptors (Lipinski definition) is 10. The van der Waals surface area contributed by atoms with E-state index < -0.39 is 0 Å². The number of pyridine rings is 1. The summed E-state index contributed by atoms with van der Waals surface area (Å²) in [6.07, 6.45) is 6.92. The second-order valence-electron chi connectivity index (χ2n) is 5.14. The molecule has 0 fully saturated rings. The molecule has 4 aromatic rings. The lowest BCUT2D eigenvalue weighted by Gasteiger charge is -2.15. The first-order valence-corrected chi connectivity index (χ1v) is 9.38. The number of rotatable bonds is 5. The minimum atomic E-state index is 0.436. The monoisotopic (exact) mass is 371 g/mol. The molecule has 0 saturated carbocycles. The molecule has 0 aromatic carbocycles. The van der Waals surface area contributed by atoms with Crippen LogP contribution in [0, 0.1) is 0 Å². The number of hydrogen-bond donors (Lipinski definition) is 0. The average Bonchev–Trinajstić information content (AvgIpc) is 3.28. The molecule has 0 radical (unpaired) electrons. The van der Waals surface area contributed by atoms with Crippen LogP contribution in [0.15, 0.2) is 39.7 Å². The van der Waals surface area contributed by atoms with Gasteiger partial charge in [0.05, 0.1) is 6.54 Å². The maximum atomic E-state index is 5.36.